The maximum Gasteiger partial charge on any atom is 0.0674 e. The quantitative estimate of drug-likeness (QED) is 0.777. The van der Waals surface area contributed by atoms with E-state index in [4.69, 9.17) is 10.5 Å². The lowest BCUT2D eigenvalue weighted by molar-refractivity contribution is -0.0859. The Labute approximate surface area is 99.3 Å². The van der Waals surface area contributed by atoms with Crippen LogP contribution in [0.25, 0.3) is 0 Å². The Bertz CT molecular complexity index is 234. The van der Waals surface area contributed by atoms with Gasteiger partial charge in [-0.1, -0.05) is 19.8 Å². The lowest BCUT2D eigenvalue weighted by Crippen LogP contribution is -2.63. The number of nitrogens with two attached hydrogens (primary N) is 1. The van der Waals surface area contributed by atoms with Crippen molar-refractivity contribution >= 4 is 0 Å². The van der Waals surface area contributed by atoms with E-state index in [1.807, 2.05) is 0 Å². The standard InChI is InChI=1S/C13H26N2O/c1-11-5-3-4-6-13(11,10-14)15-7-8-16-12(2)9-15/h11-12H,3-10,14H2,1-2H3. The molecule has 0 aromatic rings. The van der Waals surface area contributed by atoms with Crippen LogP contribution in [-0.2, 0) is 4.74 Å². The Kier molecular flexibility index (Phi) is 3.88. The molecule has 3 unspecified atom stereocenters. The summed E-state index contributed by atoms with van der Waals surface area (Å²) in [6.07, 6.45) is 5.70. The van der Waals surface area contributed by atoms with Gasteiger partial charge in [0.1, 0.15) is 0 Å². The molecule has 1 heterocycles. The number of ether oxygens (including phenoxy) is 1. The Balaban J connectivity index is 2.12. The first-order valence-corrected chi connectivity index (χ1v) is 6.76. The molecule has 0 aromatic carbocycles. The molecule has 3 heteroatoms. The van der Waals surface area contributed by atoms with Crippen LogP contribution in [-0.4, -0.2) is 42.8 Å². The van der Waals surface area contributed by atoms with Crippen LogP contribution in [0.15, 0.2) is 0 Å². The van der Waals surface area contributed by atoms with E-state index in [1.165, 1.54) is 25.7 Å². The van der Waals surface area contributed by atoms with Crippen LogP contribution in [0, 0.1) is 5.92 Å². The molecule has 94 valence electrons. The monoisotopic (exact) mass is 226 g/mol. The second kappa shape index (κ2) is 5.03. The molecule has 2 aliphatic rings. The van der Waals surface area contributed by atoms with Crippen LogP contribution in [0.2, 0.25) is 0 Å². The maximum absolute atomic E-state index is 6.12. The summed E-state index contributed by atoms with van der Waals surface area (Å²) in [5.74, 6) is 0.733. The SMILES string of the molecule is CC1CN(C2(CN)CCCCC2C)CCO1. The smallest absolute Gasteiger partial charge is 0.0674 e. The minimum atomic E-state index is 0.260. The first-order chi connectivity index (χ1) is 7.69. The maximum atomic E-state index is 6.12. The van der Waals surface area contributed by atoms with Crippen LogP contribution < -0.4 is 5.73 Å². The summed E-state index contributed by atoms with van der Waals surface area (Å²) in [6, 6.07) is 0. The third-order valence-corrected chi connectivity index (χ3v) is 4.64. The number of rotatable bonds is 2. The first-order valence-electron chi connectivity index (χ1n) is 6.76. The second-order valence-corrected chi connectivity index (χ2v) is 5.58. The topological polar surface area (TPSA) is 38.5 Å². The van der Waals surface area contributed by atoms with E-state index in [0.29, 0.717) is 6.10 Å². The molecule has 2 fully saturated rings. The zero-order chi connectivity index (χ0) is 11.6. The largest absolute Gasteiger partial charge is 0.376 e. The molecular formula is C13H26N2O. The summed E-state index contributed by atoms with van der Waals surface area (Å²) in [4.78, 5) is 2.62. The summed E-state index contributed by atoms with van der Waals surface area (Å²) >= 11 is 0. The molecule has 3 nitrogen and oxygen atoms in total. The number of hydrogen-bond donors (Lipinski definition) is 1. The molecule has 1 saturated carbocycles. The van der Waals surface area contributed by atoms with E-state index in [1.54, 1.807) is 0 Å². The summed E-state index contributed by atoms with van der Waals surface area (Å²) < 4.78 is 5.64. The van der Waals surface area contributed by atoms with Crippen molar-refractivity contribution in [1.82, 2.24) is 4.90 Å². The van der Waals surface area contributed by atoms with Crippen molar-refractivity contribution in [2.75, 3.05) is 26.2 Å². The molecule has 0 spiro atoms. The lowest BCUT2D eigenvalue weighted by Gasteiger charge is -2.52. The first kappa shape index (κ1) is 12.3. The van der Waals surface area contributed by atoms with Crippen molar-refractivity contribution in [3.8, 4) is 0 Å². The molecule has 0 aromatic heterocycles. The van der Waals surface area contributed by atoms with Gasteiger partial charge in [-0.15, -0.1) is 0 Å². The fourth-order valence-corrected chi connectivity index (χ4v) is 3.52. The van der Waals surface area contributed by atoms with Crippen molar-refractivity contribution in [1.29, 1.82) is 0 Å². The zero-order valence-electron chi connectivity index (χ0n) is 10.7. The molecule has 2 N–H and O–H groups in total. The van der Waals surface area contributed by atoms with Crippen LogP contribution in [0.1, 0.15) is 39.5 Å². The Morgan fingerprint density at radius 2 is 2.19 bits per heavy atom. The fraction of sp³-hybridized carbons (Fsp3) is 1.00. The van der Waals surface area contributed by atoms with Gasteiger partial charge in [0.2, 0.25) is 0 Å². The van der Waals surface area contributed by atoms with Gasteiger partial charge in [0.05, 0.1) is 12.7 Å². The summed E-state index contributed by atoms with van der Waals surface area (Å²) in [7, 11) is 0. The highest BCUT2D eigenvalue weighted by Gasteiger charge is 2.43. The molecule has 1 aliphatic heterocycles. The Morgan fingerprint density at radius 1 is 1.38 bits per heavy atom. The van der Waals surface area contributed by atoms with Gasteiger partial charge in [-0.25, -0.2) is 0 Å². The average molecular weight is 226 g/mol. The zero-order valence-corrected chi connectivity index (χ0v) is 10.7. The summed E-state index contributed by atoms with van der Waals surface area (Å²) in [5.41, 5.74) is 6.38. The van der Waals surface area contributed by atoms with Gasteiger partial charge in [-0.05, 0) is 25.7 Å². The van der Waals surface area contributed by atoms with Gasteiger partial charge in [0.25, 0.3) is 0 Å². The lowest BCUT2D eigenvalue weighted by atomic mass is 9.72. The Hall–Kier alpha value is -0.120. The molecule has 0 radical (unpaired) electrons. The van der Waals surface area contributed by atoms with Crippen molar-refractivity contribution in [3.05, 3.63) is 0 Å². The van der Waals surface area contributed by atoms with Crippen LogP contribution in [0.4, 0.5) is 0 Å². The minimum Gasteiger partial charge on any atom is -0.376 e. The predicted octanol–water partition coefficient (Wildman–Crippen LogP) is 1.61. The highest BCUT2D eigenvalue weighted by atomic mass is 16.5. The second-order valence-electron chi connectivity index (χ2n) is 5.58. The molecule has 0 amide bonds. The minimum absolute atomic E-state index is 0.260. The van der Waals surface area contributed by atoms with Crippen molar-refractivity contribution in [2.45, 2.75) is 51.2 Å². The average Bonchev–Trinajstić information content (AvgIpc) is 2.30. The molecular weight excluding hydrogens is 200 g/mol. The van der Waals surface area contributed by atoms with Crippen LogP contribution in [0.5, 0.6) is 0 Å². The van der Waals surface area contributed by atoms with E-state index in [-0.39, 0.29) is 5.54 Å². The normalized spacial score (nSPS) is 42.2. The van der Waals surface area contributed by atoms with E-state index in [0.717, 1.165) is 32.2 Å². The number of nitrogens with zero attached hydrogens (tertiary/aromatic N) is 1. The van der Waals surface area contributed by atoms with Crippen LogP contribution >= 0.6 is 0 Å². The molecule has 2 rings (SSSR count). The van der Waals surface area contributed by atoms with Gasteiger partial charge in [-0.2, -0.15) is 0 Å². The van der Waals surface area contributed by atoms with Gasteiger partial charge in [-0.3, -0.25) is 4.90 Å². The predicted molar refractivity (Wildman–Crippen MR) is 66.4 cm³/mol. The molecule has 3 atom stereocenters. The number of morpholine rings is 1. The van der Waals surface area contributed by atoms with Crippen molar-refractivity contribution < 1.29 is 4.74 Å². The molecule has 1 saturated heterocycles. The van der Waals surface area contributed by atoms with Gasteiger partial charge in [0, 0.05) is 25.2 Å². The molecule has 0 bridgehead atoms. The third kappa shape index (κ3) is 2.13. The van der Waals surface area contributed by atoms with E-state index >= 15 is 0 Å². The van der Waals surface area contributed by atoms with Crippen LogP contribution in [0.3, 0.4) is 0 Å². The third-order valence-electron chi connectivity index (χ3n) is 4.64. The van der Waals surface area contributed by atoms with Crippen molar-refractivity contribution in [2.24, 2.45) is 11.7 Å². The molecule has 16 heavy (non-hydrogen) atoms. The van der Waals surface area contributed by atoms with Crippen molar-refractivity contribution in [3.63, 3.8) is 0 Å². The van der Waals surface area contributed by atoms with E-state index in [2.05, 4.69) is 18.7 Å². The highest BCUT2D eigenvalue weighted by Crippen LogP contribution is 2.38. The Morgan fingerprint density at radius 3 is 2.81 bits per heavy atom. The van der Waals surface area contributed by atoms with Gasteiger partial charge in [0.15, 0.2) is 0 Å². The van der Waals surface area contributed by atoms with E-state index in [9.17, 15) is 0 Å². The number of hydrogen-bond acceptors (Lipinski definition) is 3. The highest BCUT2D eigenvalue weighted by molar-refractivity contribution is 4.99. The van der Waals surface area contributed by atoms with Gasteiger partial charge < -0.3 is 10.5 Å². The summed E-state index contributed by atoms with van der Waals surface area (Å²) in [5, 5.41) is 0. The summed E-state index contributed by atoms with van der Waals surface area (Å²) in [6.45, 7) is 8.35. The van der Waals surface area contributed by atoms with Gasteiger partial charge >= 0.3 is 0 Å². The molecule has 1 aliphatic carbocycles. The fourth-order valence-electron chi connectivity index (χ4n) is 3.52. The van der Waals surface area contributed by atoms with E-state index < -0.39 is 0 Å².